The van der Waals surface area contributed by atoms with E-state index in [0.29, 0.717) is 6.04 Å². The van der Waals surface area contributed by atoms with Crippen LogP contribution in [-0.4, -0.2) is 4.98 Å². The number of rotatable bonds is 3. The van der Waals surface area contributed by atoms with E-state index in [1.807, 2.05) is 12.3 Å². The highest BCUT2D eigenvalue weighted by atomic mass is 35.5. The van der Waals surface area contributed by atoms with Crippen molar-refractivity contribution in [2.75, 3.05) is 0 Å². The Bertz CT molecular complexity index is 579. The number of aryl methyl sites for hydroxylation is 2. The molecule has 0 spiro atoms. The van der Waals surface area contributed by atoms with Crippen LogP contribution in [0.2, 0.25) is 4.34 Å². The number of halogens is 1. The van der Waals surface area contributed by atoms with Crippen LogP contribution in [0.3, 0.4) is 0 Å². The molecule has 0 aliphatic heterocycles. The van der Waals surface area contributed by atoms with Gasteiger partial charge in [-0.1, -0.05) is 17.7 Å². The first-order valence-corrected chi connectivity index (χ1v) is 7.85. The SMILES string of the molecule is Cc1cccnc1CNC1CCCc2sc(Cl)cc21. The zero-order valence-corrected chi connectivity index (χ0v) is 12.5. The van der Waals surface area contributed by atoms with Crippen LogP contribution >= 0.6 is 22.9 Å². The first kappa shape index (κ1) is 13.1. The lowest BCUT2D eigenvalue weighted by Crippen LogP contribution is -2.24. The number of aromatic nitrogens is 1. The topological polar surface area (TPSA) is 24.9 Å². The Morgan fingerprint density at radius 3 is 3.26 bits per heavy atom. The van der Waals surface area contributed by atoms with Gasteiger partial charge < -0.3 is 5.32 Å². The van der Waals surface area contributed by atoms with Gasteiger partial charge in [0, 0.05) is 23.7 Å². The predicted molar refractivity (Wildman–Crippen MR) is 80.8 cm³/mol. The molecular weight excluding hydrogens is 276 g/mol. The maximum absolute atomic E-state index is 6.14. The molecule has 0 fully saturated rings. The molecule has 0 amide bonds. The minimum atomic E-state index is 0.425. The fourth-order valence-electron chi connectivity index (χ4n) is 2.66. The first-order valence-electron chi connectivity index (χ1n) is 6.66. The lowest BCUT2D eigenvalue weighted by molar-refractivity contribution is 0.459. The lowest BCUT2D eigenvalue weighted by Gasteiger charge is -2.23. The Balaban J connectivity index is 1.73. The van der Waals surface area contributed by atoms with Gasteiger partial charge in [0.2, 0.25) is 0 Å². The normalized spacial score (nSPS) is 18.3. The summed E-state index contributed by atoms with van der Waals surface area (Å²) < 4.78 is 0.910. The summed E-state index contributed by atoms with van der Waals surface area (Å²) in [5, 5.41) is 3.63. The number of pyridine rings is 1. The Hall–Kier alpha value is -0.900. The standard InChI is InChI=1S/C15H17ClN2S/c1-10-4-3-7-17-13(10)9-18-12-5-2-6-14-11(12)8-15(16)19-14/h3-4,7-8,12,18H,2,5-6,9H2,1H3. The average Bonchev–Trinajstić information content (AvgIpc) is 2.78. The van der Waals surface area contributed by atoms with Crippen LogP contribution in [0.1, 0.15) is 40.6 Å². The highest BCUT2D eigenvalue weighted by molar-refractivity contribution is 7.16. The van der Waals surface area contributed by atoms with Crippen molar-refractivity contribution in [2.24, 2.45) is 0 Å². The number of fused-ring (bicyclic) bond motifs is 1. The fourth-order valence-corrected chi connectivity index (χ4v) is 4.04. The van der Waals surface area contributed by atoms with E-state index in [-0.39, 0.29) is 0 Å². The molecule has 2 aromatic heterocycles. The first-order chi connectivity index (χ1) is 9.24. The highest BCUT2D eigenvalue weighted by Gasteiger charge is 2.22. The zero-order chi connectivity index (χ0) is 13.2. The van der Waals surface area contributed by atoms with Crippen LogP contribution in [0.25, 0.3) is 0 Å². The highest BCUT2D eigenvalue weighted by Crippen LogP contribution is 2.37. The van der Waals surface area contributed by atoms with Crippen LogP contribution in [0.15, 0.2) is 24.4 Å². The summed E-state index contributed by atoms with van der Waals surface area (Å²) in [6, 6.07) is 6.64. The molecule has 1 aliphatic rings. The summed E-state index contributed by atoms with van der Waals surface area (Å²) in [6.45, 7) is 2.93. The summed E-state index contributed by atoms with van der Waals surface area (Å²) in [5.74, 6) is 0. The van der Waals surface area contributed by atoms with E-state index in [9.17, 15) is 0 Å². The minimum absolute atomic E-state index is 0.425. The van der Waals surface area contributed by atoms with Crippen LogP contribution in [-0.2, 0) is 13.0 Å². The van der Waals surface area contributed by atoms with Gasteiger partial charge >= 0.3 is 0 Å². The third-order valence-corrected chi connectivity index (χ3v) is 5.06. The van der Waals surface area contributed by atoms with E-state index in [4.69, 9.17) is 11.6 Å². The van der Waals surface area contributed by atoms with Crippen molar-refractivity contribution in [1.82, 2.24) is 10.3 Å². The smallest absolute Gasteiger partial charge is 0.0934 e. The molecule has 1 atom stereocenters. The molecule has 0 radical (unpaired) electrons. The third-order valence-electron chi connectivity index (χ3n) is 3.72. The molecular formula is C15H17ClN2S. The monoisotopic (exact) mass is 292 g/mol. The second-order valence-electron chi connectivity index (χ2n) is 5.02. The Morgan fingerprint density at radius 2 is 2.42 bits per heavy atom. The molecule has 0 saturated heterocycles. The quantitative estimate of drug-likeness (QED) is 0.914. The molecule has 4 heteroatoms. The van der Waals surface area contributed by atoms with Crippen molar-refractivity contribution in [3.05, 3.63) is 50.4 Å². The lowest BCUT2D eigenvalue weighted by atomic mass is 9.94. The van der Waals surface area contributed by atoms with Crippen LogP contribution in [0.5, 0.6) is 0 Å². The van der Waals surface area contributed by atoms with E-state index in [1.165, 1.54) is 35.3 Å². The molecule has 1 N–H and O–H groups in total. The maximum Gasteiger partial charge on any atom is 0.0934 e. The fraction of sp³-hybridized carbons (Fsp3) is 0.400. The van der Waals surface area contributed by atoms with Crippen molar-refractivity contribution < 1.29 is 0 Å². The summed E-state index contributed by atoms with van der Waals surface area (Å²) in [5.41, 5.74) is 3.78. The number of nitrogens with one attached hydrogen (secondary N) is 1. The molecule has 2 heterocycles. The Labute approximate surface area is 122 Å². The van der Waals surface area contributed by atoms with Crippen LogP contribution < -0.4 is 5.32 Å². The van der Waals surface area contributed by atoms with Gasteiger partial charge in [0.15, 0.2) is 0 Å². The van der Waals surface area contributed by atoms with Gasteiger partial charge in [0.25, 0.3) is 0 Å². The Morgan fingerprint density at radius 1 is 1.53 bits per heavy atom. The van der Waals surface area contributed by atoms with Gasteiger partial charge in [-0.05, 0) is 49.4 Å². The molecule has 1 aliphatic carbocycles. The molecule has 3 rings (SSSR count). The third kappa shape index (κ3) is 2.83. The zero-order valence-electron chi connectivity index (χ0n) is 10.9. The van der Waals surface area contributed by atoms with Gasteiger partial charge in [-0.3, -0.25) is 4.98 Å². The van der Waals surface area contributed by atoms with E-state index >= 15 is 0 Å². The van der Waals surface area contributed by atoms with Gasteiger partial charge in [0.1, 0.15) is 0 Å². The van der Waals surface area contributed by atoms with Crippen LogP contribution in [0, 0.1) is 6.92 Å². The molecule has 0 aromatic carbocycles. The van der Waals surface area contributed by atoms with Gasteiger partial charge in [-0.15, -0.1) is 11.3 Å². The second-order valence-corrected chi connectivity index (χ2v) is 6.79. The van der Waals surface area contributed by atoms with Crippen molar-refractivity contribution in [3.8, 4) is 0 Å². The van der Waals surface area contributed by atoms with E-state index in [0.717, 1.165) is 16.6 Å². The number of nitrogens with zero attached hydrogens (tertiary/aromatic N) is 1. The largest absolute Gasteiger partial charge is 0.304 e. The van der Waals surface area contributed by atoms with E-state index in [1.54, 1.807) is 11.3 Å². The van der Waals surface area contributed by atoms with Gasteiger partial charge in [-0.25, -0.2) is 0 Å². The molecule has 0 saturated carbocycles. The van der Waals surface area contributed by atoms with E-state index < -0.39 is 0 Å². The van der Waals surface area contributed by atoms with Crippen molar-refractivity contribution >= 4 is 22.9 Å². The van der Waals surface area contributed by atoms with Crippen molar-refractivity contribution in [2.45, 2.75) is 38.8 Å². The van der Waals surface area contributed by atoms with Crippen molar-refractivity contribution in [1.29, 1.82) is 0 Å². The van der Waals surface area contributed by atoms with Gasteiger partial charge in [-0.2, -0.15) is 0 Å². The number of hydrogen-bond acceptors (Lipinski definition) is 3. The molecule has 100 valence electrons. The van der Waals surface area contributed by atoms with Crippen molar-refractivity contribution in [3.63, 3.8) is 0 Å². The number of hydrogen-bond donors (Lipinski definition) is 1. The summed E-state index contributed by atoms with van der Waals surface area (Å²) in [4.78, 5) is 5.89. The number of thiophene rings is 1. The summed E-state index contributed by atoms with van der Waals surface area (Å²) in [7, 11) is 0. The minimum Gasteiger partial charge on any atom is -0.304 e. The molecule has 1 unspecified atom stereocenters. The van der Waals surface area contributed by atoms with E-state index in [2.05, 4.69) is 29.4 Å². The van der Waals surface area contributed by atoms with Crippen LogP contribution in [0.4, 0.5) is 0 Å². The molecule has 19 heavy (non-hydrogen) atoms. The predicted octanol–water partition coefficient (Wildman–Crippen LogP) is 4.27. The van der Waals surface area contributed by atoms with Gasteiger partial charge in [0.05, 0.1) is 10.0 Å². The Kier molecular flexibility index (Phi) is 3.87. The maximum atomic E-state index is 6.14. The average molecular weight is 293 g/mol. The summed E-state index contributed by atoms with van der Waals surface area (Å²) >= 11 is 7.87. The second kappa shape index (κ2) is 5.61. The molecule has 2 nitrogen and oxygen atoms in total. The molecule has 2 aromatic rings. The molecule has 0 bridgehead atoms. The summed E-state index contributed by atoms with van der Waals surface area (Å²) in [6.07, 6.45) is 5.46.